The molecule has 0 unspecified atom stereocenters. The summed E-state index contributed by atoms with van der Waals surface area (Å²) >= 11 is 4.24. The summed E-state index contributed by atoms with van der Waals surface area (Å²) in [7, 11) is -1.59. The summed E-state index contributed by atoms with van der Waals surface area (Å²) < 4.78 is 30.8. The van der Waals surface area contributed by atoms with Crippen molar-refractivity contribution in [1.82, 2.24) is 4.98 Å². The van der Waals surface area contributed by atoms with Gasteiger partial charge in [0.25, 0.3) is 5.91 Å². The standard InChI is InChI=1S/C19H22N2O4S4/c1-19(2,25-3)9-10-26-18-21-13-6-5-12(11-15(13)28-18)20-17(22)14-7-8-16(27-14)29(4,23)24/h5-8,11H,9-10H2,1-4H3,(H,20,22). The van der Waals surface area contributed by atoms with Gasteiger partial charge in [-0.1, -0.05) is 11.8 Å². The van der Waals surface area contributed by atoms with E-state index in [0.717, 1.165) is 44.3 Å². The van der Waals surface area contributed by atoms with E-state index in [9.17, 15) is 13.2 Å². The first-order valence-corrected chi connectivity index (χ1v) is 13.3. The fourth-order valence-electron chi connectivity index (χ4n) is 2.36. The number of benzene rings is 1. The Bertz CT molecular complexity index is 1130. The van der Waals surface area contributed by atoms with Crippen molar-refractivity contribution in [3.8, 4) is 0 Å². The molecule has 2 aromatic heterocycles. The first-order chi connectivity index (χ1) is 13.6. The van der Waals surface area contributed by atoms with Crippen molar-refractivity contribution in [2.24, 2.45) is 0 Å². The number of ether oxygens (including phenoxy) is 1. The van der Waals surface area contributed by atoms with Crippen LogP contribution in [-0.2, 0) is 14.6 Å². The first-order valence-electron chi connectivity index (χ1n) is 8.77. The van der Waals surface area contributed by atoms with E-state index >= 15 is 0 Å². The predicted octanol–water partition coefficient (Wildman–Crippen LogP) is 4.92. The van der Waals surface area contributed by atoms with Crippen LogP contribution in [0.1, 0.15) is 29.9 Å². The lowest BCUT2D eigenvalue weighted by Crippen LogP contribution is -2.22. The molecule has 0 aliphatic rings. The van der Waals surface area contributed by atoms with Gasteiger partial charge in [0.1, 0.15) is 4.21 Å². The zero-order chi connectivity index (χ0) is 21.2. The van der Waals surface area contributed by atoms with Crippen molar-refractivity contribution in [3.05, 3.63) is 35.2 Å². The van der Waals surface area contributed by atoms with Gasteiger partial charge in [0.15, 0.2) is 14.2 Å². The molecule has 3 aromatic rings. The number of hydrogen-bond acceptors (Lipinski definition) is 8. The number of methoxy groups -OCH3 is 1. The number of nitrogens with zero attached hydrogens (tertiary/aromatic N) is 1. The Hall–Kier alpha value is -1.46. The molecule has 156 valence electrons. The number of sulfone groups is 1. The molecule has 0 spiro atoms. The molecule has 3 rings (SSSR count). The lowest BCUT2D eigenvalue weighted by Gasteiger charge is -2.21. The number of nitrogens with one attached hydrogen (secondary N) is 1. The smallest absolute Gasteiger partial charge is 0.265 e. The van der Waals surface area contributed by atoms with Gasteiger partial charge in [0.2, 0.25) is 0 Å². The highest BCUT2D eigenvalue weighted by atomic mass is 32.2. The number of rotatable bonds is 8. The Morgan fingerprint density at radius 2 is 2.00 bits per heavy atom. The van der Waals surface area contributed by atoms with Gasteiger partial charge in [-0.3, -0.25) is 4.79 Å². The third-order valence-corrected chi connectivity index (χ3v) is 9.35. The van der Waals surface area contributed by atoms with Crippen LogP contribution >= 0.6 is 34.4 Å². The summed E-state index contributed by atoms with van der Waals surface area (Å²) in [6.45, 7) is 4.13. The predicted molar refractivity (Wildman–Crippen MR) is 121 cm³/mol. The Kier molecular flexibility index (Phi) is 6.69. The molecule has 0 radical (unpaired) electrons. The van der Waals surface area contributed by atoms with Crippen molar-refractivity contribution < 1.29 is 17.9 Å². The minimum absolute atomic E-state index is 0.153. The first kappa shape index (κ1) is 22.2. The number of carbonyl (C=O) groups excluding carboxylic acids is 1. The van der Waals surface area contributed by atoms with Gasteiger partial charge >= 0.3 is 0 Å². The van der Waals surface area contributed by atoms with E-state index in [1.807, 2.05) is 12.1 Å². The van der Waals surface area contributed by atoms with Crippen molar-refractivity contribution in [2.75, 3.05) is 24.4 Å². The Balaban J connectivity index is 1.68. The quantitative estimate of drug-likeness (QED) is 0.470. The number of carbonyl (C=O) groups is 1. The molecule has 0 aliphatic carbocycles. The van der Waals surface area contributed by atoms with Gasteiger partial charge in [-0.25, -0.2) is 13.4 Å². The lowest BCUT2D eigenvalue weighted by atomic mass is 10.1. The number of thioether (sulfide) groups is 1. The molecule has 0 saturated carbocycles. The molecule has 0 atom stereocenters. The monoisotopic (exact) mass is 470 g/mol. The second-order valence-corrected chi connectivity index (χ2v) is 12.8. The molecule has 6 nitrogen and oxygen atoms in total. The normalized spacial score (nSPS) is 12.4. The number of amides is 1. The van der Waals surface area contributed by atoms with Crippen LogP contribution in [0.3, 0.4) is 0 Å². The SMILES string of the molecule is COC(C)(C)CCSc1nc2ccc(NC(=O)c3ccc(S(C)(=O)=O)s3)cc2s1. The minimum Gasteiger partial charge on any atom is -0.379 e. The van der Waals surface area contributed by atoms with Crippen LogP contribution in [0, 0.1) is 0 Å². The van der Waals surface area contributed by atoms with Crippen LogP contribution in [0.15, 0.2) is 38.9 Å². The maximum atomic E-state index is 12.4. The second kappa shape index (κ2) is 8.73. The van der Waals surface area contributed by atoms with Gasteiger partial charge in [0.05, 0.1) is 20.7 Å². The van der Waals surface area contributed by atoms with Crippen LogP contribution in [0.25, 0.3) is 10.2 Å². The molecule has 1 aromatic carbocycles. The van der Waals surface area contributed by atoms with Crippen molar-refractivity contribution in [2.45, 2.75) is 34.4 Å². The number of thiazole rings is 1. The van der Waals surface area contributed by atoms with E-state index in [1.165, 1.54) is 12.1 Å². The van der Waals surface area contributed by atoms with Gasteiger partial charge < -0.3 is 10.1 Å². The highest BCUT2D eigenvalue weighted by molar-refractivity contribution is 8.01. The van der Waals surface area contributed by atoms with E-state index in [4.69, 9.17) is 4.74 Å². The zero-order valence-corrected chi connectivity index (χ0v) is 19.8. The molecular weight excluding hydrogens is 448 g/mol. The lowest BCUT2D eigenvalue weighted by molar-refractivity contribution is 0.0207. The van der Waals surface area contributed by atoms with E-state index in [-0.39, 0.29) is 15.7 Å². The maximum Gasteiger partial charge on any atom is 0.265 e. The van der Waals surface area contributed by atoms with Crippen LogP contribution in [0.5, 0.6) is 0 Å². The molecule has 0 saturated heterocycles. The van der Waals surface area contributed by atoms with Crippen molar-refractivity contribution in [1.29, 1.82) is 0 Å². The number of fused-ring (bicyclic) bond motifs is 1. The molecule has 29 heavy (non-hydrogen) atoms. The van der Waals surface area contributed by atoms with Gasteiger partial charge in [-0.15, -0.1) is 22.7 Å². The Morgan fingerprint density at radius 3 is 2.66 bits per heavy atom. The molecule has 10 heteroatoms. The summed E-state index contributed by atoms with van der Waals surface area (Å²) in [4.78, 5) is 17.4. The van der Waals surface area contributed by atoms with Gasteiger partial charge in [0, 0.05) is 24.8 Å². The molecule has 0 aliphatic heterocycles. The third-order valence-electron chi connectivity index (χ3n) is 4.28. The number of hydrogen-bond donors (Lipinski definition) is 1. The Morgan fingerprint density at radius 1 is 1.24 bits per heavy atom. The van der Waals surface area contributed by atoms with E-state index in [1.54, 1.807) is 36.3 Å². The fraction of sp³-hybridized carbons (Fsp3) is 0.368. The van der Waals surface area contributed by atoms with Crippen LogP contribution in [-0.4, -0.2) is 44.0 Å². The number of aromatic nitrogens is 1. The average molecular weight is 471 g/mol. The summed E-state index contributed by atoms with van der Waals surface area (Å²) in [5.41, 5.74) is 1.38. The summed E-state index contributed by atoms with van der Waals surface area (Å²) in [6.07, 6.45) is 2.05. The van der Waals surface area contributed by atoms with Crippen LogP contribution in [0.2, 0.25) is 0 Å². The summed E-state index contributed by atoms with van der Waals surface area (Å²) in [5.74, 6) is 0.579. The Labute approximate surface area is 182 Å². The van der Waals surface area contributed by atoms with Crippen molar-refractivity contribution >= 4 is 66.1 Å². The largest absolute Gasteiger partial charge is 0.379 e. The molecular formula is C19H22N2O4S4. The molecule has 1 N–H and O–H groups in total. The topological polar surface area (TPSA) is 85.4 Å². The number of anilines is 1. The van der Waals surface area contributed by atoms with Crippen LogP contribution < -0.4 is 5.32 Å². The van der Waals surface area contributed by atoms with E-state index in [2.05, 4.69) is 24.1 Å². The van der Waals surface area contributed by atoms with E-state index < -0.39 is 9.84 Å². The average Bonchev–Trinajstić information content (AvgIpc) is 3.28. The molecule has 2 heterocycles. The zero-order valence-electron chi connectivity index (χ0n) is 16.5. The highest BCUT2D eigenvalue weighted by Gasteiger charge is 2.17. The molecule has 1 amide bonds. The third kappa shape index (κ3) is 5.79. The van der Waals surface area contributed by atoms with Crippen molar-refractivity contribution in [3.63, 3.8) is 0 Å². The van der Waals surface area contributed by atoms with Gasteiger partial charge in [-0.2, -0.15) is 0 Å². The highest BCUT2D eigenvalue weighted by Crippen LogP contribution is 2.33. The van der Waals surface area contributed by atoms with Crippen LogP contribution in [0.4, 0.5) is 5.69 Å². The van der Waals surface area contributed by atoms with E-state index in [0.29, 0.717) is 10.6 Å². The number of thiophene rings is 1. The maximum absolute atomic E-state index is 12.4. The summed E-state index contributed by atoms with van der Waals surface area (Å²) in [5, 5.41) is 2.83. The fourth-order valence-corrected chi connectivity index (χ4v) is 6.61. The molecule has 0 fully saturated rings. The second-order valence-electron chi connectivity index (χ2n) is 7.07. The molecule has 0 bridgehead atoms. The minimum atomic E-state index is -3.31. The summed E-state index contributed by atoms with van der Waals surface area (Å²) in [6, 6.07) is 8.54. The van der Waals surface area contributed by atoms with Gasteiger partial charge in [-0.05, 0) is 50.6 Å².